The third-order valence-corrected chi connectivity index (χ3v) is 3.78. The van der Waals surface area contributed by atoms with E-state index in [1.165, 1.54) is 6.26 Å². The van der Waals surface area contributed by atoms with Crippen LogP contribution in [0, 0.1) is 0 Å². The number of hydrogen-bond donors (Lipinski definition) is 1. The van der Waals surface area contributed by atoms with Crippen molar-refractivity contribution in [3.8, 4) is 0 Å². The summed E-state index contributed by atoms with van der Waals surface area (Å²) in [6.45, 7) is 0. The third-order valence-electron chi connectivity index (χ3n) is 2.60. The molecule has 0 saturated heterocycles. The molecule has 1 N–H and O–H groups in total. The zero-order chi connectivity index (χ0) is 10.3. The van der Waals surface area contributed by atoms with E-state index < -0.39 is 15.9 Å². The molecule has 0 bridgehead atoms. The number of hydrogen-bond acceptors (Lipinski definition) is 3. The van der Waals surface area contributed by atoms with E-state index in [1.807, 2.05) is 0 Å². The van der Waals surface area contributed by atoms with Crippen LogP contribution in [0.4, 0.5) is 0 Å². The smallest absolute Gasteiger partial charge is 0.175 e. The van der Waals surface area contributed by atoms with Crippen LogP contribution in [0.3, 0.4) is 0 Å². The van der Waals surface area contributed by atoms with Gasteiger partial charge >= 0.3 is 0 Å². The fraction of sp³-hybridized carbons (Fsp3) is 0.400. The van der Waals surface area contributed by atoms with Crippen LogP contribution in [0.2, 0.25) is 0 Å². The number of rotatable bonds is 1. The van der Waals surface area contributed by atoms with Crippen molar-refractivity contribution in [3.63, 3.8) is 0 Å². The summed E-state index contributed by atoms with van der Waals surface area (Å²) >= 11 is 0. The molecular formula is C10H12O3S. The molecule has 76 valence electrons. The molecule has 0 spiro atoms. The molecule has 1 atom stereocenters. The minimum Gasteiger partial charge on any atom is -0.388 e. The van der Waals surface area contributed by atoms with E-state index in [2.05, 4.69) is 0 Å². The Bertz CT molecular complexity index is 462. The summed E-state index contributed by atoms with van der Waals surface area (Å²) in [5.41, 5.74) is 1.57. The Morgan fingerprint density at radius 1 is 1.43 bits per heavy atom. The molecule has 4 heteroatoms. The Kier molecular flexibility index (Phi) is 2.12. The largest absolute Gasteiger partial charge is 0.388 e. The molecule has 0 aromatic heterocycles. The van der Waals surface area contributed by atoms with Gasteiger partial charge in [0.05, 0.1) is 11.0 Å². The van der Waals surface area contributed by atoms with Gasteiger partial charge < -0.3 is 5.11 Å². The molecule has 1 aliphatic rings. The first-order chi connectivity index (χ1) is 6.50. The highest BCUT2D eigenvalue weighted by molar-refractivity contribution is 7.90. The van der Waals surface area contributed by atoms with Crippen LogP contribution in [-0.4, -0.2) is 19.8 Å². The minimum absolute atomic E-state index is 0.367. The molecule has 0 fully saturated rings. The average Bonchev–Trinajstić information content (AvgIpc) is 2.46. The number of sulfone groups is 1. The molecule has 0 heterocycles. The van der Waals surface area contributed by atoms with Crippen LogP contribution >= 0.6 is 0 Å². The molecule has 1 aliphatic carbocycles. The lowest BCUT2D eigenvalue weighted by atomic mass is 10.1. The van der Waals surface area contributed by atoms with E-state index in [-0.39, 0.29) is 0 Å². The van der Waals surface area contributed by atoms with Crippen molar-refractivity contribution >= 4 is 9.84 Å². The van der Waals surface area contributed by atoms with Crippen molar-refractivity contribution in [2.75, 3.05) is 6.26 Å². The van der Waals surface area contributed by atoms with Crippen molar-refractivity contribution in [1.82, 2.24) is 0 Å². The van der Waals surface area contributed by atoms with Gasteiger partial charge in [0.15, 0.2) is 9.84 Å². The topological polar surface area (TPSA) is 54.4 Å². The lowest BCUT2D eigenvalue weighted by molar-refractivity contribution is 0.180. The monoisotopic (exact) mass is 212 g/mol. The van der Waals surface area contributed by atoms with E-state index in [0.29, 0.717) is 17.7 Å². The summed E-state index contributed by atoms with van der Waals surface area (Å²) in [6.07, 6.45) is 1.99. The summed E-state index contributed by atoms with van der Waals surface area (Å²) in [7, 11) is -3.16. The van der Waals surface area contributed by atoms with E-state index in [0.717, 1.165) is 11.1 Å². The first kappa shape index (κ1) is 9.68. The SMILES string of the molecule is CS(=O)(=O)c1cccc2c1CCC2O. The lowest BCUT2D eigenvalue weighted by Crippen LogP contribution is -2.02. The molecule has 1 aromatic rings. The van der Waals surface area contributed by atoms with Gasteiger partial charge in [0.25, 0.3) is 0 Å². The fourth-order valence-corrected chi connectivity index (χ4v) is 2.94. The molecule has 0 saturated carbocycles. The Hall–Kier alpha value is -0.870. The Morgan fingerprint density at radius 3 is 2.79 bits per heavy atom. The van der Waals surface area contributed by atoms with Crippen LogP contribution < -0.4 is 0 Å². The van der Waals surface area contributed by atoms with Crippen LogP contribution in [0.5, 0.6) is 0 Å². The van der Waals surface area contributed by atoms with Crippen LogP contribution in [0.25, 0.3) is 0 Å². The van der Waals surface area contributed by atoms with Gasteiger partial charge in [-0.25, -0.2) is 8.42 Å². The van der Waals surface area contributed by atoms with E-state index in [9.17, 15) is 13.5 Å². The second-order valence-corrected chi connectivity index (χ2v) is 5.63. The average molecular weight is 212 g/mol. The summed E-state index contributed by atoms with van der Waals surface area (Å²) < 4.78 is 22.8. The maximum atomic E-state index is 11.4. The highest BCUT2D eigenvalue weighted by atomic mass is 32.2. The van der Waals surface area contributed by atoms with Crippen molar-refractivity contribution in [3.05, 3.63) is 29.3 Å². The highest BCUT2D eigenvalue weighted by Gasteiger charge is 2.25. The van der Waals surface area contributed by atoms with E-state index >= 15 is 0 Å². The predicted molar refractivity (Wildman–Crippen MR) is 52.8 cm³/mol. The zero-order valence-electron chi connectivity index (χ0n) is 7.90. The second-order valence-electron chi connectivity index (χ2n) is 3.65. The molecule has 0 aliphatic heterocycles. The minimum atomic E-state index is -3.16. The van der Waals surface area contributed by atoms with Crippen molar-refractivity contribution in [2.24, 2.45) is 0 Å². The fourth-order valence-electron chi connectivity index (χ4n) is 1.95. The highest BCUT2D eigenvalue weighted by Crippen LogP contribution is 2.34. The Morgan fingerprint density at radius 2 is 2.14 bits per heavy atom. The van der Waals surface area contributed by atoms with Crippen molar-refractivity contribution < 1.29 is 13.5 Å². The van der Waals surface area contributed by atoms with E-state index in [4.69, 9.17) is 0 Å². The standard InChI is InChI=1S/C10H12O3S/c1-14(12,13)10-4-2-3-7-8(10)5-6-9(7)11/h2-4,9,11H,5-6H2,1H3. The van der Waals surface area contributed by atoms with Gasteiger partial charge in [-0.3, -0.25) is 0 Å². The van der Waals surface area contributed by atoms with Crippen LogP contribution in [0.1, 0.15) is 23.7 Å². The first-order valence-electron chi connectivity index (χ1n) is 4.50. The van der Waals surface area contributed by atoms with Crippen LogP contribution in [0.15, 0.2) is 23.1 Å². The van der Waals surface area contributed by atoms with E-state index in [1.54, 1.807) is 18.2 Å². The molecule has 3 nitrogen and oxygen atoms in total. The van der Waals surface area contributed by atoms with Crippen LogP contribution in [-0.2, 0) is 16.3 Å². The lowest BCUT2D eigenvalue weighted by Gasteiger charge is -2.06. The molecule has 0 radical (unpaired) electrons. The van der Waals surface area contributed by atoms with Crippen molar-refractivity contribution in [1.29, 1.82) is 0 Å². The molecule has 1 unspecified atom stereocenters. The van der Waals surface area contributed by atoms with Gasteiger partial charge in [-0.2, -0.15) is 0 Å². The number of aliphatic hydroxyl groups is 1. The van der Waals surface area contributed by atoms with Gasteiger partial charge in [0.1, 0.15) is 0 Å². The second kappa shape index (κ2) is 3.07. The molecule has 14 heavy (non-hydrogen) atoms. The molecular weight excluding hydrogens is 200 g/mol. The summed E-state index contributed by atoms with van der Waals surface area (Å²) in [5.74, 6) is 0. The molecule has 1 aromatic carbocycles. The van der Waals surface area contributed by atoms with Gasteiger partial charge in [0, 0.05) is 6.26 Å². The van der Waals surface area contributed by atoms with Gasteiger partial charge in [0.2, 0.25) is 0 Å². The number of fused-ring (bicyclic) bond motifs is 1. The first-order valence-corrected chi connectivity index (χ1v) is 6.39. The van der Waals surface area contributed by atoms with Gasteiger partial charge in [-0.05, 0) is 30.0 Å². The Balaban J connectivity index is 2.67. The Labute approximate surface area is 83.3 Å². The molecule has 2 rings (SSSR count). The zero-order valence-corrected chi connectivity index (χ0v) is 8.71. The third kappa shape index (κ3) is 1.44. The maximum absolute atomic E-state index is 11.4. The quantitative estimate of drug-likeness (QED) is 0.757. The normalized spacial score (nSPS) is 20.9. The summed E-state index contributed by atoms with van der Waals surface area (Å²) in [6, 6.07) is 5.08. The predicted octanol–water partition coefficient (Wildman–Crippen LogP) is 1.07. The van der Waals surface area contributed by atoms with Crippen molar-refractivity contribution in [2.45, 2.75) is 23.8 Å². The van der Waals surface area contributed by atoms with Gasteiger partial charge in [-0.15, -0.1) is 0 Å². The number of aliphatic hydroxyl groups excluding tert-OH is 1. The maximum Gasteiger partial charge on any atom is 0.175 e. The summed E-state index contributed by atoms with van der Waals surface area (Å²) in [5, 5.41) is 9.58. The molecule has 0 amide bonds. The van der Waals surface area contributed by atoms with Gasteiger partial charge in [-0.1, -0.05) is 12.1 Å². The summed E-state index contributed by atoms with van der Waals surface area (Å²) in [4.78, 5) is 0.367. The number of benzene rings is 1.